The molecule has 2 aliphatic heterocycles. The lowest BCUT2D eigenvalue weighted by atomic mass is 10.0. The summed E-state index contributed by atoms with van der Waals surface area (Å²) in [6.45, 7) is 1.22. The molecule has 0 saturated carbocycles. The van der Waals surface area contributed by atoms with Crippen LogP contribution in [0.5, 0.6) is 0 Å². The third-order valence-electron chi connectivity index (χ3n) is 4.13. The number of carbonyl (C=O) groups is 2. The smallest absolute Gasteiger partial charge is 0.261 e. The molecular weight excluding hydrogens is 278 g/mol. The van der Waals surface area contributed by atoms with Gasteiger partial charge >= 0.3 is 0 Å². The van der Waals surface area contributed by atoms with Gasteiger partial charge in [0.05, 0.1) is 11.1 Å². The first kappa shape index (κ1) is 14.1. The summed E-state index contributed by atoms with van der Waals surface area (Å²) in [5, 5.41) is 3.34. The van der Waals surface area contributed by atoms with Crippen molar-refractivity contribution in [3.05, 3.63) is 34.9 Å². The van der Waals surface area contributed by atoms with Crippen molar-refractivity contribution in [2.75, 3.05) is 13.1 Å². The van der Waals surface area contributed by atoms with Gasteiger partial charge in [-0.2, -0.15) is 0 Å². The summed E-state index contributed by atoms with van der Waals surface area (Å²) < 4.78 is 26.4. The minimum absolute atomic E-state index is 0.0458. The largest absolute Gasteiger partial charge is 0.314 e. The summed E-state index contributed by atoms with van der Waals surface area (Å²) in [5.41, 5.74) is -0.0917. The molecule has 1 saturated heterocycles. The van der Waals surface area contributed by atoms with E-state index in [1.165, 1.54) is 0 Å². The van der Waals surface area contributed by atoms with Crippen LogP contribution in [0.25, 0.3) is 0 Å². The van der Waals surface area contributed by atoms with E-state index in [-0.39, 0.29) is 23.7 Å². The molecule has 2 heterocycles. The van der Waals surface area contributed by atoms with Gasteiger partial charge in [-0.1, -0.05) is 6.42 Å². The number of hydrogen-bond acceptors (Lipinski definition) is 3. The molecule has 1 unspecified atom stereocenters. The van der Waals surface area contributed by atoms with Crippen molar-refractivity contribution in [3.8, 4) is 0 Å². The number of piperidine rings is 1. The maximum atomic E-state index is 13.2. The van der Waals surface area contributed by atoms with Crippen molar-refractivity contribution >= 4 is 11.8 Å². The van der Waals surface area contributed by atoms with Crippen molar-refractivity contribution in [1.82, 2.24) is 10.2 Å². The fourth-order valence-electron chi connectivity index (χ4n) is 2.94. The molecule has 0 radical (unpaired) electrons. The number of nitrogens with zero attached hydrogens (tertiary/aromatic N) is 1. The zero-order valence-corrected chi connectivity index (χ0v) is 11.5. The number of nitrogens with one attached hydrogen (secondary N) is 1. The third kappa shape index (κ3) is 2.55. The monoisotopic (exact) mass is 294 g/mol. The maximum absolute atomic E-state index is 13.2. The Labute approximate surface area is 121 Å². The SMILES string of the molecule is O=C1c2cc(F)c(F)cc2C(=O)N1CCC1CCCCN1. The molecule has 1 aromatic carbocycles. The Morgan fingerprint density at radius 1 is 1.10 bits per heavy atom. The van der Waals surface area contributed by atoms with E-state index in [0.29, 0.717) is 6.42 Å². The van der Waals surface area contributed by atoms with E-state index in [1.807, 2.05) is 0 Å². The summed E-state index contributed by atoms with van der Waals surface area (Å²) in [4.78, 5) is 25.4. The number of imide groups is 1. The first-order chi connectivity index (χ1) is 10.1. The highest BCUT2D eigenvalue weighted by Crippen LogP contribution is 2.26. The zero-order chi connectivity index (χ0) is 15.0. The number of rotatable bonds is 3. The van der Waals surface area contributed by atoms with Gasteiger partial charge in [0.2, 0.25) is 0 Å². The van der Waals surface area contributed by atoms with E-state index in [4.69, 9.17) is 0 Å². The lowest BCUT2D eigenvalue weighted by Gasteiger charge is -2.25. The van der Waals surface area contributed by atoms with Crippen molar-refractivity contribution in [1.29, 1.82) is 0 Å². The van der Waals surface area contributed by atoms with Crippen molar-refractivity contribution in [2.45, 2.75) is 31.7 Å². The highest BCUT2D eigenvalue weighted by Gasteiger charge is 2.36. The van der Waals surface area contributed by atoms with Crippen LogP contribution in [-0.4, -0.2) is 35.8 Å². The standard InChI is InChI=1S/C15H16F2N2O2/c16-12-7-10-11(8-13(12)17)15(21)19(14(10)20)6-4-9-3-1-2-5-18-9/h7-9,18H,1-6H2. The molecule has 4 nitrogen and oxygen atoms in total. The first-order valence-electron chi connectivity index (χ1n) is 7.16. The van der Waals surface area contributed by atoms with Gasteiger partial charge in [-0.15, -0.1) is 0 Å². The fourth-order valence-corrected chi connectivity index (χ4v) is 2.94. The minimum Gasteiger partial charge on any atom is -0.314 e. The van der Waals surface area contributed by atoms with Crippen molar-refractivity contribution in [2.24, 2.45) is 0 Å². The van der Waals surface area contributed by atoms with Crippen LogP contribution < -0.4 is 5.32 Å². The lowest BCUT2D eigenvalue weighted by molar-refractivity contribution is 0.0646. The Hall–Kier alpha value is -1.82. The van der Waals surface area contributed by atoms with Gasteiger partial charge in [0.25, 0.3) is 11.8 Å². The van der Waals surface area contributed by atoms with Gasteiger partial charge in [0, 0.05) is 12.6 Å². The molecule has 1 atom stereocenters. The predicted molar refractivity (Wildman–Crippen MR) is 72.0 cm³/mol. The topological polar surface area (TPSA) is 49.4 Å². The van der Waals surface area contributed by atoms with Crippen LogP contribution in [0.4, 0.5) is 8.78 Å². The van der Waals surface area contributed by atoms with E-state index in [9.17, 15) is 18.4 Å². The first-order valence-corrected chi connectivity index (χ1v) is 7.16. The van der Waals surface area contributed by atoms with Gasteiger partial charge in [0.15, 0.2) is 11.6 Å². The molecular formula is C15H16F2N2O2. The average Bonchev–Trinajstić information content (AvgIpc) is 2.71. The maximum Gasteiger partial charge on any atom is 0.261 e. The Balaban J connectivity index is 1.73. The Bertz CT molecular complexity index is 557. The van der Waals surface area contributed by atoms with E-state index < -0.39 is 23.4 Å². The molecule has 2 amide bonds. The minimum atomic E-state index is -1.11. The molecule has 0 spiro atoms. The molecule has 0 aliphatic carbocycles. The normalized spacial score (nSPS) is 21.8. The van der Waals surface area contributed by atoms with Crippen molar-refractivity contribution < 1.29 is 18.4 Å². The van der Waals surface area contributed by atoms with Crippen LogP contribution in [0, 0.1) is 11.6 Å². The van der Waals surface area contributed by atoms with E-state index in [2.05, 4.69) is 5.32 Å². The molecule has 21 heavy (non-hydrogen) atoms. The molecule has 2 aliphatic rings. The molecule has 3 rings (SSSR count). The van der Waals surface area contributed by atoms with E-state index in [0.717, 1.165) is 42.8 Å². The predicted octanol–water partition coefficient (Wildman–Crippen LogP) is 2.09. The summed E-state index contributed by atoms with van der Waals surface area (Å²) in [6, 6.07) is 1.91. The summed E-state index contributed by atoms with van der Waals surface area (Å²) in [7, 11) is 0. The Kier molecular flexibility index (Phi) is 3.71. The molecule has 0 bridgehead atoms. The van der Waals surface area contributed by atoms with Crippen molar-refractivity contribution in [3.63, 3.8) is 0 Å². The molecule has 0 aromatic heterocycles. The second-order valence-corrected chi connectivity index (χ2v) is 5.51. The zero-order valence-electron chi connectivity index (χ0n) is 11.5. The number of hydrogen-bond donors (Lipinski definition) is 1. The van der Waals surface area contributed by atoms with Gasteiger partial charge in [-0.25, -0.2) is 8.78 Å². The fraction of sp³-hybridized carbons (Fsp3) is 0.467. The van der Waals surface area contributed by atoms with Gasteiger partial charge in [0.1, 0.15) is 0 Å². The number of benzene rings is 1. The summed E-state index contributed by atoms with van der Waals surface area (Å²) >= 11 is 0. The molecule has 1 fully saturated rings. The average molecular weight is 294 g/mol. The lowest BCUT2D eigenvalue weighted by Crippen LogP contribution is -2.39. The molecule has 112 valence electrons. The highest BCUT2D eigenvalue weighted by molar-refractivity contribution is 6.21. The Morgan fingerprint density at radius 3 is 2.24 bits per heavy atom. The number of fused-ring (bicyclic) bond motifs is 1. The van der Waals surface area contributed by atoms with Crippen LogP contribution in [-0.2, 0) is 0 Å². The summed E-state index contributed by atoms with van der Waals surface area (Å²) in [5.74, 6) is -3.29. The van der Waals surface area contributed by atoms with Gasteiger partial charge < -0.3 is 5.32 Å². The third-order valence-corrected chi connectivity index (χ3v) is 4.13. The number of halogens is 2. The molecule has 1 N–H and O–H groups in total. The quantitative estimate of drug-likeness (QED) is 0.869. The Morgan fingerprint density at radius 2 is 1.71 bits per heavy atom. The van der Waals surface area contributed by atoms with E-state index >= 15 is 0 Å². The molecule has 6 heteroatoms. The molecule has 1 aromatic rings. The van der Waals surface area contributed by atoms with Crippen LogP contribution in [0.1, 0.15) is 46.4 Å². The van der Waals surface area contributed by atoms with Gasteiger partial charge in [-0.3, -0.25) is 14.5 Å². The number of carbonyl (C=O) groups excluding carboxylic acids is 2. The van der Waals surface area contributed by atoms with Crippen LogP contribution >= 0.6 is 0 Å². The van der Waals surface area contributed by atoms with Crippen LogP contribution in [0.2, 0.25) is 0 Å². The highest BCUT2D eigenvalue weighted by atomic mass is 19.2. The van der Waals surface area contributed by atoms with Crippen LogP contribution in [0.15, 0.2) is 12.1 Å². The summed E-state index contributed by atoms with van der Waals surface area (Å²) in [6.07, 6.45) is 3.96. The number of amides is 2. The second kappa shape index (κ2) is 5.52. The second-order valence-electron chi connectivity index (χ2n) is 5.51. The van der Waals surface area contributed by atoms with Crippen LogP contribution in [0.3, 0.4) is 0 Å². The van der Waals surface area contributed by atoms with Gasteiger partial charge in [-0.05, 0) is 37.9 Å². The van der Waals surface area contributed by atoms with E-state index in [1.54, 1.807) is 0 Å².